The van der Waals surface area contributed by atoms with Gasteiger partial charge >= 0.3 is 5.97 Å². The lowest BCUT2D eigenvalue weighted by atomic mass is 10.3. The monoisotopic (exact) mass is 260 g/mol. The van der Waals surface area contributed by atoms with Crippen molar-refractivity contribution in [1.82, 2.24) is 9.55 Å². The Morgan fingerprint density at radius 2 is 2.11 bits per heavy atom. The minimum atomic E-state index is -0.189. The van der Waals surface area contributed by atoms with Crippen LogP contribution in [0.25, 0.3) is 11.0 Å². The average molecular weight is 260 g/mol. The lowest BCUT2D eigenvalue weighted by Gasteiger charge is -2.08. The fourth-order valence-electron chi connectivity index (χ4n) is 2.08. The van der Waals surface area contributed by atoms with Crippen LogP contribution < -0.4 is 0 Å². The Bertz CT molecular complexity index is 560. The number of unbranched alkanes of at least 4 members (excludes halogenated alkanes) is 1. The third-order valence-electron chi connectivity index (χ3n) is 3.10. The highest BCUT2D eigenvalue weighted by Gasteiger charge is 2.12. The Morgan fingerprint density at radius 3 is 2.84 bits per heavy atom. The first kappa shape index (κ1) is 13.6. The molecule has 0 N–H and O–H groups in total. The van der Waals surface area contributed by atoms with E-state index in [0.717, 1.165) is 36.1 Å². The van der Waals surface area contributed by atoms with Gasteiger partial charge in [0.2, 0.25) is 0 Å². The smallest absolute Gasteiger partial charge is 0.326 e. The predicted molar refractivity (Wildman–Crippen MR) is 75.0 cm³/mol. The van der Waals surface area contributed by atoms with Crippen LogP contribution in [0.3, 0.4) is 0 Å². The SMILES string of the molecule is CCCCOC(=O)Cn1c(CC)nc2ccccc21. The van der Waals surface area contributed by atoms with Crippen molar-refractivity contribution in [3.63, 3.8) is 0 Å². The summed E-state index contributed by atoms with van der Waals surface area (Å²) in [6.45, 7) is 4.86. The standard InChI is InChI=1S/C15H20N2O2/c1-3-5-10-19-15(18)11-17-13-9-7-6-8-12(13)16-14(17)4-2/h6-9H,3-5,10-11H2,1-2H3. The molecule has 0 spiro atoms. The fourth-order valence-corrected chi connectivity index (χ4v) is 2.08. The molecule has 1 heterocycles. The van der Waals surface area contributed by atoms with Crippen molar-refractivity contribution in [3.8, 4) is 0 Å². The molecule has 0 aliphatic rings. The van der Waals surface area contributed by atoms with E-state index in [9.17, 15) is 4.79 Å². The van der Waals surface area contributed by atoms with Crippen molar-refractivity contribution in [1.29, 1.82) is 0 Å². The Labute approximate surface area is 113 Å². The Hall–Kier alpha value is -1.84. The van der Waals surface area contributed by atoms with Gasteiger partial charge in [0.25, 0.3) is 0 Å². The lowest BCUT2D eigenvalue weighted by molar-refractivity contribution is -0.144. The zero-order valence-corrected chi connectivity index (χ0v) is 11.6. The topological polar surface area (TPSA) is 44.1 Å². The van der Waals surface area contributed by atoms with Crippen molar-refractivity contribution >= 4 is 17.0 Å². The number of rotatable bonds is 6. The number of imidazole rings is 1. The van der Waals surface area contributed by atoms with Gasteiger partial charge in [0.15, 0.2) is 0 Å². The molecule has 4 heteroatoms. The zero-order chi connectivity index (χ0) is 13.7. The Kier molecular flexibility index (Phi) is 4.55. The highest BCUT2D eigenvalue weighted by molar-refractivity contribution is 5.78. The molecule has 19 heavy (non-hydrogen) atoms. The quantitative estimate of drug-likeness (QED) is 0.592. The number of nitrogens with zero attached hydrogens (tertiary/aromatic N) is 2. The van der Waals surface area contributed by atoms with Gasteiger partial charge in [-0.2, -0.15) is 0 Å². The first-order valence-corrected chi connectivity index (χ1v) is 6.86. The largest absolute Gasteiger partial charge is 0.464 e. The number of hydrogen-bond acceptors (Lipinski definition) is 3. The Morgan fingerprint density at radius 1 is 1.32 bits per heavy atom. The third-order valence-corrected chi connectivity index (χ3v) is 3.10. The van der Waals surface area contributed by atoms with E-state index in [1.165, 1.54) is 0 Å². The van der Waals surface area contributed by atoms with Crippen LogP contribution in [0.15, 0.2) is 24.3 Å². The van der Waals surface area contributed by atoms with Gasteiger partial charge in [-0.05, 0) is 18.6 Å². The van der Waals surface area contributed by atoms with Gasteiger partial charge in [-0.15, -0.1) is 0 Å². The maximum absolute atomic E-state index is 11.8. The number of aromatic nitrogens is 2. The maximum Gasteiger partial charge on any atom is 0.326 e. The molecule has 0 bridgehead atoms. The first-order valence-electron chi connectivity index (χ1n) is 6.86. The van der Waals surface area contributed by atoms with Gasteiger partial charge in [0.05, 0.1) is 17.6 Å². The van der Waals surface area contributed by atoms with Crippen molar-refractivity contribution in [2.24, 2.45) is 0 Å². The number of aryl methyl sites for hydroxylation is 1. The Balaban J connectivity index is 2.16. The van der Waals surface area contributed by atoms with E-state index in [1.807, 2.05) is 35.8 Å². The number of benzene rings is 1. The first-order chi connectivity index (χ1) is 9.26. The third kappa shape index (κ3) is 3.13. The van der Waals surface area contributed by atoms with Crippen LogP contribution in [0.2, 0.25) is 0 Å². The number of fused-ring (bicyclic) bond motifs is 1. The second-order valence-electron chi connectivity index (χ2n) is 4.53. The number of carbonyl (C=O) groups excluding carboxylic acids is 1. The molecule has 102 valence electrons. The molecule has 0 radical (unpaired) electrons. The summed E-state index contributed by atoms with van der Waals surface area (Å²) in [4.78, 5) is 16.4. The molecular weight excluding hydrogens is 240 g/mol. The van der Waals surface area contributed by atoms with E-state index in [2.05, 4.69) is 11.9 Å². The zero-order valence-electron chi connectivity index (χ0n) is 11.6. The van der Waals surface area contributed by atoms with Gasteiger partial charge in [0, 0.05) is 6.42 Å². The molecule has 0 atom stereocenters. The average Bonchev–Trinajstić information content (AvgIpc) is 2.77. The number of hydrogen-bond donors (Lipinski definition) is 0. The van der Waals surface area contributed by atoms with Crippen molar-refractivity contribution < 1.29 is 9.53 Å². The number of ether oxygens (including phenoxy) is 1. The van der Waals surface area contributed by atoms with E-state index in [0.29, 0.717) is 6.61 Å². The molecule has 0 saturated carbocycles. The van der Waals surface area contributed by atoms with E-state index in [-0.39, 0.29) is 12.5 Å². The van der Waals surface area contributed by atoms with Crippen LogP contribution in [0.1, 0.15) is 32.5 Å². The normalized spacial score (nSPS) is 10.8. The van der Waals surface area contributed by atoms with Crippen molar-refractivity contribution in [3.05, 3.63) is 30.1 Å². The number of esters is 1. The van der Waals surface area contributed by atoms with E-state index >= 15 is 0 Å². The van der Waals surface area contributed by atoms with Crippen LogP contribution >= 0.6 is 0 Å². The lowest BCUT2D eigenvalue weighted by Crippen LogP contribution is -2.16. The van der Waals surface area contributed by atoms with Gasteiger partial charge in [-0.25, -0.2) is 4.98 Å². The summed E-state index contributed by atoms with van der Waals surface area (Å²) in [5.41, 5.74) is 1.92. The maximum atomic E-state index is 11.8. The summed E-state index contributed by atoms with van der Waals surface area (Å²) in [5.74, 6) is 0.736. The minimum absolute atomic E-state index is 0.189. The summed E-state index contributed by atoms with van der Waals surface area (Å²) in [6, 6.07) is 7.87. The van der Waals surface area contributed by atoms with E-state index in [1.54, 1.807) is 0 Å². The van der Waals surface area contributed by atoms with E-state index in [4.69, 9.17) is 4.74 Å². The summed E-state index contributed by atoms with van der Waals surface area (Å²) < 4.78 is 7.16. The second-order valence-corrected chi connectivity index (χ2v) is 4.53. The van der Waals surface area contributed by atoms with Gasteiger partial charge < -0.3 is 9.30 Å². The van der Waals surface area contributed by atoms with Crippen LogP contribution in [0.4, 0.5) is 0 Å². The summed E-state index contributed by atoms with van der Waals surface area (Å²) in [7, 11) is 0. The predicted octanol–water partition coefficient (Wildman–Crippen LogP) is 2.94. The molecule has 0 unspecified atom stereocenters. The van der Waals surface area contributed by atoms with Crippen LogP contribution in [0, 0.1) is 0 Å². The molecular formula is C15H20N2O2. The van der Waals surface area contributed by atoms with E-state index < -0.39 is 0 Å². The highest BCUT2D eigenvalue weighted by Crippen LogP contribution is 2.16. The minimum Gasteiger partial charge on any atom is -0.464 e. The summed E-state index contributed by atoms with van der Waals surface area (Å²) in [5, 5.41) is 0. The number of para-hydroxylation sites is 2. The van der Waals surface area contributed by atoms with Crippen molar-refractivity contribution in [2.75, 3.05) is 6.61 Å². The van der Waals surface area contributed by atoms with Gasteiger partial charge in [-0.3, -0.25) is 4.79 Å². The van der Waals surface area contributed by atoms with Crippen molar-refractivity contribution in [2.45, 2.75) is 39.7 Å². The summed E-state index contributed by atoms with van der Waals surface area (Å²) in [6.07, 6.45) is 2.75. The molecule has 1 aromatic carbocycles. The molecule has 2 rings (SSSR count). The van der Waals surface area contributed by atoms with Gasteiger partial charge in [0.1, 0.15) is 12.4 Å². The second kappa shape index (κ2) is 6.36. The molecule has 0 amide bonds. The molecule has 0 saturated heterocycles. The van der Waals surface area contributed by atoms with Crippen LogP contribution in [-0.2, 0) is 22.5 Å². The molecule has 1 aromatic heterocycles. The highest BCUT2D eigenvalue weighted by atomic mass is 16.5. The van der Waals surface area contributed by atoms with Crippen LogP contribution in [0.5, 0.6) is 0 Å². The molecule has 4 nitrogen and oxygen atoms in total. The molecule has 0 fully saturated rings. The fraction of sp³-hybridized carbons (Fsp3) is 0.467. The summed E-state index contributed by atoms with van der Waals surface area (Å²) >= 11 is 0. The molecule has 0 aliphatic carbocycles. The van der Waals surface area contributed by atoms with Gasteiger partial charge in [-0.1, -0.05) is 32.4 Å². The number of carbonyl (C=O) groups is 1. The van der Waals surface area contributed by atoms with Crippen LogP contribution in [-0.4, -0.2) is 22.1 Å². The molecule has 2 aromatic rings. The molecule has 0 aliphatic heterocycles.